The first-order valence-corrected chi connectivity index (χ1v) is 7.88. The van der Waals surface area contributed by atoms with Crippen LogP contribution in [-0.4, -0.2) is 35.2 Å². The van der Waals surface area contributed by atoms with E-state index >= 15 is 0 Å². The van der Waals surface area contributed by atoms with Gasteiger partial charge in [0.1, 0.15) is 5.75 Å². The van der Waals surface area contributed by atoms with Gasteiger partial charge in [-0.25, -0.2) is 0 Å². The summed E-state index contributed by atoms with van der Waals surface area (Å²) < 4.78 is 1.02. The van der Waals surface area contributed by atoms with E-state index in [4.69, 9.17) is 0 Å². The maximum Gasteiger partial charge on any atom is 0.120 e. The Labute approximate surface area is 124 Å². The standard InChI is InChI=1S/C15H23BrN2O/c1-3-13-10-18(14(4-2)8-17-13)9-11-7-12(16)5-6-15(11)19/h5-7,13-14,17,19H,3-4,8-10H2,1-2H3. The molecule has 106 valence electrons. The Kier molecular flexibility index (Phi) is 5.25. The molecule has 1 heterocycles. The van der Waals surface area contributed by atoms with Crippen LogP contribution in [0.3, 0.4) is 0 Å². The highest BCUT2D eigenvalue weighted by Gasteiger charge is 2.26. The van der Waals surface area contributed by atoms with E-state index in [0.717, 1.165) is 42.5 Å². The van der Waals surface area contributed by atoms with Gasteiger partial charge in [0.25, 0.3) is 0 Å². The van der Waals surface area contributed by atoms with Crippen molar-refractivity contribution in [3.05, 3.63) is 28.2 Å². The molecule has 0 bridgehead atoms. The largest absolute Gasteiger partial charge is 0.508 e. The highest BCUT2D eigenvalue weighted by molar-refractivity contribution is 9.10. The van der Waals surface area contributed by atoms with Crippen molar-refractivity contribution in [2.75, 3.05) is 13.1 Å². The fourth-order valence-corrected chi connectivity index (χ4v) is 3.11. The summed E-state index contributed by atoms with van der Waals surface area (Å²) >= 11 is 3.48. The number of piperazine rings is 1. The first-order chi connectivity index (χ1) is 9.13. The third-order valence-corrected chi connectivity index (χ3v) is 4.49. The van der Waals surface area contributed by atoms with E-state index in [-0.39, 0.29) is 0 Å². The minimum Gasteiger partial charge on any atom is -0.508 e. The summed E-state index contributed by atoms with van der Waals surface area (Å²) in [5.74, 6) is 0.393. The molecule has 1 aromatic carbocycles. The van der Waals surface area contributed by atoms with Crippen LogP contribution in [-0.2, 0) is 6.54 Å². The molecule has 19 heavy (non-hydrogen) atoms. The number of hydrogen-bond acceptors (Lipinski definition) is 3. The molecule has 1 aliphatic rings. The predicted octanol–water partition coefficient (Wildman–Crippen LogP) is 3.12. The van der Waals surface area contributed by atoms with Gasteiger partial charge in [-0.3, -0.25) is 4.90 Å². The molecule has 1 aliphatic heterocycles. The SMILES string of the molecule is CCC1CN(Cc2cc(Br)ccc2O)C(CC)CN1. The van der Waals surface area contributed by atoms with Crippen LogP contribution in [0.5, 0.6) is 5.75 Å². The Morgan fingerprint density at radius 2 is 2.16 bits per heavy atom. The number of aromatic hydroxyl groups is 1. The van der Waals surface area contributed by atoms with Gasteiger partial charge >= 0.3 is 0 Å². The van der Waals surface area contributed by atoms with E-state index in [0.29, 0.717) is 17.8 Å². The van der Waals surface area contributed by atoms with Crippen LogP contribution in [0, 0.1) is 0 Å². The zero-order valence-electron chi connectivity index (χ0n) is 11.7. The number of halogens is 1. The number of nitrogens with one attached hydrogen (secondary N) is 1. The van der Waals surface area contributed by atoms with Crippen molar-refractivity contribution in [3.8, 4) is 5.75 Å². The fraction of sp³-hybridized carbons (Fsp3) is 0.600. The van der Waals surface area contributed by atoms with E-state index in [2.05, 4.69) is 40.0 Å². The van der Waals surface area contributed by atoms with Gasteiger partial charge in [-0.1, -0.05) is 29.8 Å². The summed E-state index contributed by atoms with van der Waals surface area (Å²) in [5.41, 5.74) is 1.00. The molecule has 1 aromatic rings. The molecule has 0 aromatic heterocycles. The van der Waals surface area contributed by atoms with Crippen LogP contribution in [0.4, 0.5) is 0 Å². The minimum atomic E-state index is 0.393. The molecule has 0 saturated carbocycles. The molecule has 2 atom stereocenters. The van der Waals surface area contributed by atoms with E-state index < -0.39 is 0 Å². The average Bonchev–Trinajstić information content (AvgIpc) is 2.42. The molecule has 2 unspecified atom stereocenters. The highest BCUT2D eigenvalue weighted by Crippen LogP contribution is 2.25. The summed E-state index contributed by atoms with van der Waals surface area (Å²) in [4.78, 5) is 2.49. The van der Waals surface area contributed by atoms with Crippen molar-refractivity contribution >= 4 is 15.9 Å². The highest BCUT2D eigenvalue weighted by atomic mass is 79.9. The van der Waals surface area contributed by atoms with Gasteiger partial charge in [0.15, 0.2) is 0 Å². The first-order valence-electron chi connectivity index (χ1n) is 7.08. The summed E-state index contributed by atoms with van der Waals surface area (Å²) in [6, 6.07) is 6.78. The predicted molar refractivity (Wildman–Crippen MR) is 82.4 cm³/mol. The molecule has 1 saturated heterocycles. The topological polar surface area (TPSA) is 35.5 Å². The maximum atomic E-state index is 9.98. The van der Waals surface area contributed by atoms with Crippen molar-refractivity contribution in [3.63, 3.8) is 0 Å². The molecular formula is C15H23BrN2O. The van der Waals surface area contributed by atoms with Crippen LogP contribution >= 0.6 is 15.9 Å². The number of phenolic OH excluding ortho intramolecular Hbond substituents is 1. The lowest BCUT2D eigenvalue weighted by molar-refractivity contribution is 0.116. The number of rotatable bonds is 4. The summed E-state index contributed by atoms with van der Waals surface area (Å²) in [7, 11) is 0. The lowest BCUT2D eigenvalue weighted by Crippen LogP contribution is -2.55. The Morgan fingerprint density at radius 1 is 1.37 bits per heavy atom. The van der Waals surface area contributed by atoms with Gasteiger partial charge in [-0.15, -0.1) is 0 Å². The molecular weight excluding hydrogens is 304 g/mol. The second kappa shape index (κ2) is 6.73. The number of phenols is 1. The molecule has 1 fully saturated rings. The second-order valence-electron chi connectivity index (χ2n) is 5.28. The van der Waals surface area contributed by atoms with E-state index in [9.17, 15) is 5.11 Å². The molecule has 3 nitrogen and oxygen atoms in total. The number of hydrogen-bond donors (Lipinski definition) is 2. The molecule has 0 aliphatic carbocycles. The lowest BCUT2D eigenvalue weighted by Gasteiger charge is -2.40. The fourth-order valence-electron chi connectivity index (χ4n) is 2.70. The second-order valence-corrected chi connectivity index (χ2v) is 6.19. The van der Waals surface area contributed by atoms with Crippen LogP contribution in [0.25, 0.3) is 0 Å². The maximum absolute atomic E-state index is 9.98. The van der Waals surface area contributed by atoms with Gasteiger partial charge in [-0.2, -0.15) is 0 Å². The summed E-state index contributed by atoms with van der Waals surface area (Å²) in [6.45, 7) is 7.37. The molecule has 0 radical (unpaired) electrons. The van der Waals surface area contributed by atoms with Crippen LogP contribution in [0.1, 0.15) is 32.3 Å². The molecule has 2 N–H and O–H groups in total. The third-order valence-electron chi connectivity index (χ3n) is 3.99. The number of nitrogens with zero attached hydrogens (tertiary/aromatic N) is 1. The monoisotopic (exact) mass is 326 g/mol. The average molecular weight is 327 g/mol. The minimum absolute atomic E-state index is 0.393. The van der Waals surface area contributed by atoms with Crippen LogP contribution in [0.15, 0.2) is 22.7 Å². The first kappa shape index (κ1) is 14.8. The zero-order valence-corrected chi connectivity index (χ0v) is 13.3. The van der Waals surface area contributed by atoms with Crippen molar-refractivity contribution < 1.29 is 5.11 Å². The van der Waals surface area contributed by atoms with E-state index in [1.807, 2.05) is 12.1 Å². The Hall–Kier alpha value is -0.580. The Balaban J connectivity index is 2.11. The van der Waals surface area contributed by atoms with Crippen LogP contribution < -0.4 is 5.32 Å². The van der Waals surface area contributed by atoms with Gasteiger partial charge in [0.05, 0.1) is 0 Å². The Morgan fingerprint density at radius 3 is 2.84 bits per heavy atom. The number of benzene rings is 1. The van der Waals surface area contributed by atoms with Gasteiger partial charge in [-0.05, 0) is 31.0 Å². The quantitative estimate of drug-likeness (QED) is 0.892. The smallest absolute Gasteiger partial charge is 0.120 e. The third kappa shape index (κ3) is 3.71. The summed E-state index contributed by atoms with van der Waals surface area (Å²) in [6.07, 6.45) is 2.29. The van der Waals surface area contributed by atoms with Crippen LogP contribution in [0.2, 0.25) is 0 Å². The molecule has 0 spiro atoms. The molecule has 2 rings (SSSR count). The van der Waals surface area contributed by atoms with E-state index in [1.165, 1.54) is 0 Å². The van der Waals surface area contributed by atoms with Crippen molar-refractivity contribution in [2.45, 2.75) is 45.3 Å². The van der Waals surface area contributed by atoms with E-state index in [1.54, 1.807) is 6.07 Å². The van der Waals surface area contributed by atoms with Gasteiger partial charge in [0.2, 0.25) is 0 Å². The molecule has 0 amide bonds. The van der Waals surface area contributed by atoms with Crippen molar-refractivity contribution in [1.29, 1.82) is 0 Å². The normalized spacial score (nSPS) is 24.6. The van der Waals surface area contributed by atoms with Gasteiger partial charge in [0, 0.05) is 41.8 Å². The zero-order chi connectivity index (χ0) is 13.8. The van der Waals surface area contributed by atoms with Crippen molar-refractivity contribution in [2.24, 2.45) is 0 Å². The summed E-state index contributed by atoms with van der Waals surface area (Å²) in [5, 5.41) is 13.6. The molecule has 4 heteroatoms. The Bertz CT molecular complexity index is 425. The van der Waals surface area contributed by atoms with Gasteiger partial charge < -0.3 is 10.4 Å². The lowest BCUT2D eigenvalue weighted by atomic mass is 10.0. The van der Waals surface area contributed by atoms with Crippen molar-refractivity contribution in [1.82, 2.24) is 10.2 Å².